The number of rotatable bonds is 3. The highest BCUT2D eigenvalue weighted by atomic mass is 16.4. The number of carboxylic acid groups (broad SMARTS) is 1. The van der Waals surface area contributed by atoms with Crippen LogP contribution >= 0.6 is 0 Å². The van der Waals surface area contributed by atoms with Gasteiger partial charge in [-0.2, -0.15) is 0 Å². The van der Waals surface area contributed by atoms with Crippen LogP contribution in [0.25, 0.3) is 0 Å². The maximum absolute atomic E-state index is 11.1. The van der Waals surface area contributed by atoms with Crippen molar-refractivity contribution in [3.05, 3.63) is 17.3 Å². The Labute approximate surface area is 100 Å². The number of hydrogen-bond acceptors (Lipinski definition) is 4. The number of nitrogens with zero attached hydrogens (tertiary/aromatic N) is 2. The minimum atomic E-state index is -0.747. The molecule has 1 saturated heterocycles. The molecule has 5 nitrogen and oxygen atoms in total. The standard InChI is InChI=1S/C12H18N2O3/c1-7-11(17-9(3)13-7)8(2)14-6-4-5-10(14)12(15)16/h8,10H,4-6H2,1-3H3,(H,15,16)/t8?,10-/m0/s1. The zero-order valence-corrected chi connectivity index (χ0v) is 10.4. The molecule has 1 aliphatic heterocycles. The summed E-state index contributed by atoms with van der Waals surface area (Å²) in [7, 11) is 0. The van der Waals surface area contributed by atoms with Crippen molar-refractivity contribution in [2.45, 2.75) is 45.7 Å². The van der Waals surface area contributed by atoms with Crippen LogP contribution in [0.1, 0.15) is 43.2 Å². The Bertz CT molecular complexity index is 427. The van der Waals surface area contributed by atoms with E-state index in [2.05, 4.69) is 4.98 Å². The Morgan fingerprint density at radius 3 is 2.82 bits per heavy atom. The van der Waals surface area contributed by atoms with Gasteiger partial charge in [-0.3, -0.25) is 9.69 Å². The van der Waals surface area contributed by atoms with Crippen molar-refractivity contribution >= 4 is 5.97 Å². The van der Waals surface area contributed by atoms with E-state index in [1.165, 1.54) is 0 Å². The molecule has 2 heterocycles. The van der Waals surface area contributed by atoms with E-state index >= 15 is 0 Å². The van der Waals surface area contributed by atoms with Gasteiger partial charge < -0.3 is 9.52 Å². The van der Waals surface area contributed by atoms with E-state index in [4.69, 9.17) is 9.52 Å². The Kier molecular flexibility index (Phi) is 3.19. The molecule has 2 rings (SSSR count). The van der Waals surface area contributed by atoms with E-state index in [0.29, 0.717) is 12.3 Å². The van der Waals surface area contributed by atoms with E-state index < -0.39 is 12.0 Å². The molecule has 0 saturated carbocycles. The Morgan fingerprint density at radius 1 is 1.59 bits per heavy atom. The molecular weight excluding hydrogens is 220 g/mol. The fraction of sp³-hybridized carbons (Fsp3) is 0.667. The van der Waals surface area contributed by atoms with Crippen molar-refractivity contribution < 1.29 is 14.3 Å². The number of likely N-dealkylation sites (tertiary alicyclic amines) is 1. The molecule has 0 aromatic carbocycles. The lowest BCUT2D eigenvalue weighted by atomic mass is 10.1. The molecule has 1 fully saturated rings. The first-order chi connectivity index (χ1) is 8.00. The van der Waals surface area contributed by atoms with Gasteiger partial charge in [0.15, 0.2) is 5.89 Å². The molecule has 1 N–H and O–H groups in total. The van der Waals surface area contributed by atoms with Crippen molar-refractivity contribution in [1.29, 1.82) is 0 Å². The fourth-order valence-electron chi connectivity index (χ4n) is 2.60. The molecule has 17 heavy (non-hydrogen) atoms. The van der Waals surface area contributed by atoms with Gasteiger partial charge >= 0.3 is 5.97 Å². The predicted octanol–water partition coefficient (Wildman–Crippen LogP) is 1.90. The van der Waals surface area contributed by atoms with E-state index in [9.17, 15) is 4.79 Å². The molecule has 2 atom stereocenters. The van der Waals surface area contributed by atoms with Crippen LogP contribution in [0.5, 0.6) is 0 Å². The van der Waals surface area contributed by atoms with E-state index in [0.717, 1.165) is 24.4 Å². The highest BCUT2D eigenvalue weighted by Gasteiger charge is 2.35. The normalized spacial score (nSPS) is 22.9. The number of carboxylic acids is 1. The second kappa shape index (κ2) is 4.49. The first-order valence-corrected chi connectivity index (χ1v) is 5.93. The number of aromatic nitrogens is 1. The summed E-state index contributed by atoms with van der Waals surface area (Å²) in [4.78, 5) is 17.4. The van der Waals surface area contributed by atoms with Crippen LogP contribution in [0.15, 0.2) is 4.42 Å². The fourth-order valence-corrected chi connectivity index (χ4v) is 2.60. The van der Waals surface area contributed by atoms with Crippen LogP contribution in [0.3, 0.4) is 0 Å². The topological polar surface area (TPSA) is 66.6 Å². The first kappa shape index (κ1) is 12.1. The molecule has 0 bridgehead atoms. The van der Waals surface area contributed by atoms with Crippen molar-refractivity contribution in [3.8, 4) is 0 Å². The van der Waals surface area contributed by atoms with E-state index in [-0.39, 0.29) is 6.04 Å². The zero-order chi connectivity index (χ0) is 12.6. The average molecular weight is 238 g/mol. The third-order valence-corrected chi connectivity index (χ3v) is 3.40. The summed E-state index contributed by atoms with van der Waals surface area (Å²) < 4.78 is 5.57. The number of oxazole rings is 1. The van der Waals surface area contributed by atoms with Gasteiger partial charge in [0.2, 0.25) is 0 Å². The quantitative estimate of drug-likeness (QED) is 0.871. The van der Waals surface area contributed by atoms with Gasteiger partial charge in [0.1, 0.15) is 11.8 Å². The highest BCUT2D eigenvalue weighted by Crippen LogP contribution is 2.31. The molecule has 1 aromatic heterocycles. The summed E-state index contributed by atoms with van der Waals surface area (Å²) in [5.74, 6) is 0.675. The molecule has 5 heteroatoms. The molecule has 0 amide bonds. The third kappa shape index (κ3) is 2.20. The SMILES string of the molecule is Cc1nc(C)c(C(C)N2CCC[C@H]2C(=O)O)o1. The lowest BCUT2D eigenvalue weighted by molar-refractivity contribution is -0.143. The monoisotopic (exact) mass is 238 g/mol. The van der Waals surface area contributed by atoms with E-state index in [1.54, 1.807) is 0 Å². The minimum Gasteiger partial charge on any atom is -0.480 e. The molecular formula is C12H18N2O3. The zero-order valence-electron chi connectivity index (χ0n) is 10.4. The second-order valence-electron chi connectivity index (χ2n) is 4.59. The summed E-state index contributed by atoms with van der Waals surface area (Å²) in [6.07, 6.45) is 1.64. The van der Waals surface area contributed by atoms with Gasteiger partial charge in [-0.25, -0.2) is 4.98 Å². The minimum absolute atomic E-state index is 0.0280. The van der Waals surface area contributed by atoms with Crippen LogP contribution < -0.4 is 0 Å². The second-order valence-corrected chi connectivity index (χ2v) is 4.59. The maximum atomic E-state index is 11.1. The summed E-state index contributed by atoms with van der Waals surface area (Å²) in [6, 6.07) is -0.422. The van der Waals surface area contributed by atoms with Gasteiger partial charge in [-0.05, 0) is 33.2 Å². The summed E-state index contributed by atoms with van der Waals surface area (Å²) in [5, 5.41) is 9.17. The Balaban J connectivity index is 2.22. The number of aliphatic carboxylic acids is 1. The van der Waals surface area contributed by atoms with Gasteiger partial charge in [-0.1, -0.05) is 0 Å². The highest BCUT2D eigenvalue weighted by molar-refractivity contribution is 5.73. The van der Waals surface area contributed by atoms with E-state index in [1.807, 2.05) is 25.7 Å². The molecule has 1 aliphatic rings. The Hall–Kier alpha value is -1.36. The molecule has 1 aromatic rings. The maximum Gasteiger partial charge on any atom is 0.320 e. The summed E-state index contributed by atoms with van der Waals surface area (Å²) in [6.45, 7) is 6.49. The van der Waals surface area contributed by atoms with Crippen molar-refractivity contribution in [1.82, 2.24) is 9.88 Å². The predicted molar refractivity (Wildman–Crippen MR) is 61.8 cm³/mol. The molecule has 1 unspecified atom stereocenters. The third-order valence-electron chi connectivity index (χ3n) is 3.40. The van der Waals surface area contributed by atoms with Crippen LogP contribution in [0.4, 0.5) is 0 Å². The van der Waals surface area contributed by atoms with Crippen LogP contribution in [-0.4, -0.2) is 33.5 Å². The lowest BCUT2D eigenvalue weighted by Crippen LogP contribution is -2.37. The lowest BCUT2D eigenvalue weighted by Gasteiger charge is -2.26. The number of carbonyl (C=O) groups is 1. The van der Waals surface area contributed by atoms with Crippen molar-refractivity contribution in [2.75, 3.05) is 6.54 Å². The molecule has 0 aliphatic carbocycles. The average Bonchev–Trinajstić information content (AvgIpc) is 2.83. The van der Waals surface area contributed by atoms with Crippen LogP contribution in [-0.2, 0) is 4.79 Å². The number of aryl methyl sites for hydroxylation is 2. The van der Waals surface area contributed by atoms with Crippen molar-refractivity contribution in [3.63, 3.8) is 0 Å². The molecule has 0 radical (unpaired) electrons. The summed E-state index contributed by atoms with van der Waals surface area (Å²) >= 11 is 0. The van der Waals surface area contributed by atoms with Gasteiger partial charge in [0.05, 0.1) is 11.7 Å². The van der Waals surface area contributed by atoms with Gasteiger partial charge in [-0.15, -0.1) is 0 Å². The Morgan fingerprint density at radius 2 is 2.29 bits per heavy atom. The first-order valence-electron chi connectivity index (χ1n) is 5.93. The smallest absolute Gasteiger partial charge is 0.320 e. The number of hydrogen-bond donors (Lipinski definition) is 1. The summed E-state index contributed by atoms with van der Waals surface area (Å²) in [5.41, 5.74) is 0.853. The molecule has 0 spiro atoms. The van der Waals surface area contributed by atoms with Crippen molar-refractivity contribution in [2.24, 2.45) is 0 Å². The van der Waals surface area contributed by atoms with Gasteiger partial charge in [0, 0.05) is 6.92 Å². The largest absolute Gasteiger partial charge is 0.480 e. The van der Waals surface area contributed by atoms with Gasteiger partial charge in [0.25, 0.3) is 0 Å². The van der Waals surface area contributed by atoms with Crippen LogP contribution in [0.2, 0.25) is 0 Å². The molecule has 94 valence electrons. The van der Waals surface area contributed by atoms with Crippen LogP contribution in [0, 0.1) is 13.8 Å².